The highest BCUT2D eigenvalue weighted by Crippen LogP contribution is 2.25. The van der Waals surface area contributed by atoms with Crippen LogP contribution in [0.2, 0.25) is 0 Å². The van der Waals surface area contributed by atoms with Crippen LogP contribution in [0, 0.1) is 0 Å². The van der Waals surface area contributed by atoms with E-state index < -0.39 is 5.97 Å². The van der Waals surface area contributed by atoms with E-state index in [4.69, 9.17) is 5.11 Å². The molecule has 2 heterocycles. The second-order valence-electron chi connectivity index (χ2n) is 4.45. The van der Waals surface area contributed by atoms with Crippen molar-refractivity contribution in [1.29, 1.82) is 0 Å². The highest BCUT2D eigenvalue weighted by atomic mass is 32.1. The number of carboxylic acid groups (broad SMARTS) is 1. The highest BCUT2D eigenvalue weighted by molar-refractivity contribution is 7.09. The number of thiazole rings is 1. The van der Waals surface area contributed by atoms with E-state index in [9.17, 15) is 4.79 Å². The lowest BCUT2D eigenvalue weighted by molar-refractivity contribution is 0.0684. The normalized spacial score (nSPS) is 12.2. The Kier molecular flexibility index (Phi) is 3.49. The number of carbonyl (C=O) groups is 1. The molecule has 1 aromatic carbocycles. The standard InChI is InChI=1S/C14H12N4O2S/c1-8(13-15-6-7-21-13)16-11-9-4-2-3-5-10(9)17-12(18-11)14(19)20/h2-8H,1H3,(H,19,20)(H,16,17,18). The van der Waals surface area contributed by atoms with Gasteiger partial charge in [-0.2, -0.15) is 0 Å². The number of hydrogen-bond acceptors (Lipinski definition) is 6. The number of benzene rings is 1. The molecule has 0 fully saturated rings. The van der Waals surface area contributed by atoms with Crippen LogP contribution in [0.15, 0.2) is 35.8 Å². The van der Waals surface area contributed by atoms with Gasteiger partial charge in [0, 0.05) is 17.0 Å². The van der Waals surface area contributed by atoms with E-state index in [1.807, 2.05) is 30.5 Å². The lowest BCUT2D eigenvalue weighted by atomic mass is 10.2. The zero-order valence-electron chi connectivity index (χ0n) is 11.1. The summed E-state index contributed by atoms with van der Waals surface area (Å²) >= 11 is 1.53. The van der Waals surface area contributed by atoms with Crippen molar-refractivity contribution in [1.82, 2.24) is 15.0 Å². The first kappa shape index (κ1) is 13.4. The van der Waals surface area contributed by atoms with E-state index in [2.05, 4.69) is 20.3 Å². The van der Waals surface area contributed by atoms with Gasteiger partial charge < -0.3 is 10.4 Å². The summed E-state index contributed by atoms with van der Waals surface area (Å²) in [5.41, 5.74) is 0.596. The molecule has 0 saturated heterocycles. The van der Waals surface area contributed by atoms with E-state index in [-0.39, 0.29) is 11.9 Å². The Morgan fingerprint density at radius 1 is 1.33 bits per heavy atom. The summed E-state index contributed by atoms with van der Waals surface area (Å²) in [7, 11) is 0. The van der Waals surface area contributed by atoms with Gasteiger partial charge in [-0.05, 0) is 19.1 Å². The third-order valence-electron chi connectivity index (χ3n) is 2.97. The Bertz CT molecular complexity index is 789. The molecule has 7 heteroatoms. The lowest BCUT2D eigenvalue weighted by Crippen LogP contribution is -2.12. The molecule has 0 radical (unpaired) electrons. The van der Waals surface area contributed by atoms with Crippen molar-refractivity contribution in [2.75, 3.05) is 5.32 Å². The maximum atomic E-state index is 11.1. The number of rotatable bonds is 4. The molecule has 0 bridgehead atoms. The summed E-state index contributed by atoms with van der Waals surface area (Å²) < 4.78 is 0. The predicted octanol–water partition coefficient (Wildman–Crippen LogP) is 2.96. The summed E-state index contributed by atoms with van der Waals surface area (Å²) in [6.45, 7) is 1.95. The number of nitrogens with zero attached hydrogens (tertiary/aromatic N) is 3. The number of nitrogens with one attached hydrogen (secondary N) is 1. The summed E-state index contributed by atoms with van der Waals surface area (Å²) in [6.07, 6.45) is 1.74. The molecule has 0 aliphatic carbocycles. The molecule has 0 amide bonds. The smallest absolute Gasteiger partial charge is 0.374 e. The number of aromatic carboxylic acids is 1. The van der Waals surface area contributed by atoms with Crippen LogP contribution in [-0.2, 0) is 0 Å². The average Bonchev–Trinajstić information content (AvgIpc) is 3.01. The average molecular weight is 300 g/mol. The zero-order valence-corrected chi connectivity index (χ0v) is 12.0. The summed E-state index contributed by atoms with van der Waals surface area (Å²) in [6, 6.07) is 7.24. The molecule has 0 aliphatic heterocycles. The molecule has 6 nitrogen and oxygen atoms in total. The minimum absolute atomic E-state index is 0.0649. The number of fused-ring (bicyclic) bond motifs is 1. The van der Waals surface area contributed by atoms with Gasteiger partial charge in [0.05, 0.1) is 11.6 Å². The molecule has 1 unspecified atom stereocenters. The van der Waals surface area contributed by atoms with Crippen molar-refractivity contribution in [2.24, 2.45) is 0 Å². The Balaban J connectivity index is 2.05. The molecule has 2 N–H and O–H groups in total. The molecule has 0 spiro atoms. The second kappa shape index (κ2) is 5.45. The molecule has 3 rings (SSSR count). The van der Waals surface area contributed by atoms with Gasteiger partial charge in [-0.15, -0.1) is 11.3 Å². The van der Waals surface area contributed by atoms with Crippen molar-refractivity contribution >= 4 is 34.0 Å². The third-order valence-corrected chi connectivity index (χ3v) is 3.93. The second-order valence-corrected chi connectivity index (χ2v) is 5.38. The first-order valence-corrected chi connectivity index (χ1v) is 7.19. The van der Waals surface area contributed by atoms with Gasteiger partial charge in [0.25, 0.3) is 0 Å². The van der Waals surface area contributed by atoms with Crippen LogP contribution < -0.4 is 5.32 Å². The highest BCUT2D eigenvalue weighted by Gasteiger charge is 2.15. The summed E-state index contributed by atoms with van der Waals surface area (Å²) in [5, 5.41) is 15.9. The van der Waals surface area contributed by atoms with E-state index in [1.165, 1.54) is 11.3 Å². The molecule has 21 heavy (non-hydrogen) atoms. The molecule has 3 aromatic rings. The summed E-state index contributed by atoms with van der Waals surface area (Å²) in [4.78, 5) is 23.5. The molecule has 0 saturated carbocycles. The molecule has 2 aromatic heterocycles. The van der Waals surface area contributed by atoms with Gasteiger partial charge in [-0.1, -0.05) is 12.1 Å². The molecular formula is C14H12N4O2S. The quantitative estimate of drug-likeness (QED) is 0.770. The summed E-state index contributed by atoms with van der Waals surface area (Å²) in [5.74, 6) is -0.867. The predicted molar refractivity (Wildman–Crippen MR) is 80.6 cm³/mol. The van der Waals surface area contributed by atoms with E-state index in [1.54, 1.807) is 12.3 Å². The maximum absolute atomic E-state index is 11.1. The topological polar surface area (TPSA) is 88.0 Å². The molecule has 1 atom stereocenters. The number of aromatic nitrogens is 3. The van der Waals surface area contributed by atoms with Crippen molar-refractivity contribution in [3.8, 4) is 0 Å². The van der Waals surface area contributed by atoms with Gasteiger partial charge in [-0.25, -0.2) is 19.7 Å². The van der Waals surface area contributed by atoms with Crippen LogP contribution in [-0.4, -0.2) is 26.0 Å². The Labute approximate surface area is 124 Å². The number of carboxylic acids is 1. The van der Waals surface area contributed by atoms with Crippen LogP contribution in [0.4, 0.5) is 5.82 Å². The molecular weight excluding hydrogens is 288 g/mol. The van der Waals surface area contributed by atoms with Crippen molar-refractivity contribution in [3.63, 3.8) is 0 Å². The largest absolute Gasteiger partial charge is 0.475 e. The molecule has 0 aliphatic rings. The van der Waals surface area contributed by atoms with Gasteiger partial charge in [0.15, 0.2) is 0 Å². The van der Waals surface area contributed by atoms with Crippen LogP contribution >= 0.6 is 11.3 Å². The van der Waals surface area contributed by atoms with E-state index in [0.29, 0.717) is 11.3 Å². The van der Waals surface area contributed by atoms with Crippen LogP contribution in [0.25, 0.3) is 10.9 Å². The number of hydrogen-bond donors (Lipinski definition) is 2. The minimum Gasteiger partial charge on any atom is -0.475 e. The number of para-hydroxylation sites is 1. The fourth-order valence-electron chi connectivity index (χ4n) is 2.00. The first-order chi connectivity index (χ1) is 10.1. The minimum atomic E-state index is -1.15. The van der Waals surface area contributed by atoms with Crippen molar-refractivity contribution in [3.05, 3.63) is 46.7 Å². The SMILES string of the molecule is CC(Nc1nc(C(=O)O)nc2ccccc12)c1nccs1. The lowest BCUT2D eigenvalue weighted by Gasteiger charge is -2.14. The van der Waals surface area contributed by atoms with Crippen LogP contribution in [0.5, 0.6) is 0 Å². The third kappa shape index (κ3) is 2.68. The van der Waals surface area contributed by atoms with Gasteiger partial charge in [0.2, 0.25) is 5.82 Å². The zero-order chi connectivity index (χ0) is 14.8. The van der Waals surface area contributed by atoms with Crippen LogP contribution in [0.3, 0.4) is 0 Å². The van der Waals surface area contributed by atoms with Crippen molar-refractivity contribution in [2.45, 2.75) is 13.0 Å². The maximum Gasteiger partial charge on any atom is 0.374 e. The van der Waals surface area contributed by atoms with E-state index in [0.717, 1.165) is 10.4 Å². The Morgan fingerprint density at radius 2 is 2.14 bits per heavy atom. The fraction of sp³-hybridized carbons (Fsp3) is 0.143. The van der Waals surface area contributed by atoms with Crippen LogP contribution in [0.1, 0.15) is 28.6 Å². The fourth-order valence-corrected chi connectivity index (χ4v) is 2.64. The van der Waals surface area contributed by atoms with Gasteiger partial charge in [0.1, 0.15) is 10.8 Å². The number of anilines is 1. The van der Waals surface area contributed by atoms with E-state index >= 15 is 0 Å². The van der Waals surface area contributed by atoms with Crippen molar-refractivity contribution < 1.29 is 9.90 Å². The van der Waals surface area contributed by atoms with Gasteiger partial charge in [-0.3, -0.25) is 0 Å². The Hall–Kier alpha value is -2.54. The van der Waals surface area contributed by atoms with Gasteiger partial charge >= 0.3 is 5.97 Å². The first-order valence-electron chi connectivity index (χ1n) is 6.31. The Morgan fingerprint density at radius 3 is 2.86 bits per heavy atom. The monoisotopic (exact) mass is 300 g/mol. The molecule has 106 valence electrons.